The predicted molar refractivity (Wildman–Crippen MR) is 110 cm³/mol. The molecule has 0 unspecified atom stereocenters. The molecule has 2 aromatic heterocycles. The summed E-state index contributed by atoms with van der Waals surface area (Å²) < 4.78 is 1.99. The number of thiazole rings is 1. The van der Waals surface area contributed by atoms with Crippen LogP contribution in [0, 0.1) is 0 Å². The van der Waals surface area contributed by atoms with E-state index in [1.807, 2.05) is 54.6 Å². The van der Waals surface area contributed by atoms with Crippen LogP contribution in [-0.2, 0) is 4.79 Å². The van der Waals surface area contributed by atoms with Crippen molar-refractivity contribution >= 4 is 45.4 Å². The third-order valence-corrected chi connectivity index (χ3v) is 5.90. The van der Waals surface area contributed by atoms with Gasteiger partial charge in [0, 0.05) is 11.1 Å². The van der Waals surface area contributed by atoms with Crippen LogP contribution in [0.4, 0.5) is 0 Å². The van der Waals surface area contributed by atoms with Gasteiger partial charge in [-0.1, -0.05) is 54.2 Å². The molecule has 27 heavy (non-hydrogen) atoms. The lowest BCUT2D eigenvalue weighted by Gasteiger charge is -1.99. The van der Waals surface area contributed by atoms with Gasteiger partial charge in [-0.3, -0.25) is 9.89 Å². The van der Waals surface area contributed by atoms with E-state index in [2.05, 4.69) is 25.7 Å². The Bertz CT molecular complexity index is 1050. The first-order valence-electron chi connectivity index (χ1n) is 8.18. The molecule has 0 saturated carbocycles. The first-order chi connectivity index (χ1) is 13.3. The molecule has 8 heteroatoms. The molecule has 4 aromatic rings. The Hall–Kier alpha value is -2.97. The molecule has 0 aliphatic heterocycles. The van der Waals surface area contributed by atoms with Crippen LogP contribution in [0.25, 0.3) is 21.5 Å². The summed E-state index contributed by atoms with van der Waals surface area (Å²) in [4.78, 5) is 16.5. The van der Waals surface area contributed by atoms with Gasteiger partial charge >= 0.3 is 0 Å². The van der Waals surface area contributed by atoms with Crippen LogP contribution >= 0.6 is 23.1 Å². The van der Waals surface area contributed by atoms with E-state index in [1.54, 1.807) is 23.7 Å². The number of rotatable bonds is 6. The van der Waals surface area contributed by atoms with Gasteiger partial charge < -0.3 is 0 Å². The van der Waals surface area contributed by atoms with Crippen LogP contribution in [0.5, 0.6) is 0 Å². The standard InChI is InChI=1S/C19H15N5OS2/c25-17(12-26-19-22-15-8-4-5-9-16(15)27-19)23-20-10-14-11-21-24-18(14)13-6-2-1-3-7-13/h1-11H,12H2,(H,21,24)(H,23,25). The van der Waals surface area contributed by atoms with Gasteiger partial charge in [-0.05, 0) is 12.1 Å². The Morgan fingerprint density at radius 3 is 2.85 bits per heavy atom. The van der Waals surface area contributed by atoms with Crippen molar-refractivity contribution in [2.45, 2.75) is 4.34 Å². The molecule has 2 heterocycles. The second-order valence-electron chi connectivity index (χ2n) is 5.60. The summed E-state index contributed by atoms with van der Waals surface area (Å²) in [6, 6.07) is 17.8. The Morgan fingerprint density at radius 1 is 1.19 bits per heavy atom. The fourth-order valence-electron chi connectivity index (χ4n) is 2.48. The highest BCUT2D eigenvalue weighted by molar-refractivity contribution is 8.01. The Kier molecular flexibility index (Phi) is 5.27. The zero-order chi connectivity index (χ0) is 18.5. The van der Waals surface area contributed by atoms with E-state index in [1.165, 1.54) is 11.8 Å². The first kappa shape index (κ1) is 17.4. The minimum atomic E-state index is -0.180. The summed E-state index contributed by atoms with van der Waals surface area (Å²) in [5.74, 6) is 0.0777. The number of benzene rings is 2. The number of aromatic amines is 1. The fourth-order valence-corrected chi connectivity index (χ4v) is 4.34. The minimum Gasteiger partial charge on any atom is -0.277 e. The summed E-state index contributed by atoms with van der Waals surface area (Å²) in [6.45, 7) is 0. The molecule has 0 bridgehead atoms. The number of nitrogens with one attached hydrogen (secondary N) is 2. The molecule has 0 radical (unpaired) electrons. The molecule has 1 amide bonds. The predicted octanol–water partition coefficient (Wildman–Crippen LogP) is 3.93. The average Bonchev–Trinajstić information content (AvgIpc) is 3.33. The van der Waals surface area contributed by atoms with Gasteiger partial charge in [0.1, 0.15) is 0 Å². The second-order valence-corrected chi connectivity index (χ2v) is 7.85. The highest BCUT2D eigenvalue weighted by Crippen LogP contribution is 2.29. The van der Waals surface area contributed by atoms with Crippen LogP contribution in [0.3, 0.4) is 0 Å². The van der Waals surface area contributed by atoms with Gasteiger partial charge in [0.15, 0.2) is 4.34 Å². The van der Waals surface area contributed by atoms with Crippen molar-refractivity contribution in [3.8, 4) is 11.3 Å². The van der Waals surface area contributed by atoms with Crippen molar-refractivity contribution in [2.75, 3.05) is 5.75 Å². The third kappa shape index (κ3) is 4.24. The molecule has 0 saturated heterocycles. The van der Waals surface area contributed by atoms with Gasteiger partial charge in [-0.25, -0.2) is 10.4 Å². The number of thioether (sulfide) groups is 1. The summed E-state index contributed by atoms with van der Waals surface area (Å²) in [5.41, 5.74) is 6.18. The van der Waals surface area contributed by atoms with Crippen molar-refractivity contribution in [1.29, 1.82) is 0 Å². The van der Waals surface area contributed by atoms with Crippen LogP contribution in [0.2, 0.25) is 0 Å². The maximum atomic E-state index is 12.0. The van der Waals surface area contributed by atoms with Gasteiger partial charge in [-0.2, -0.15) is 10.2 Å². The number of amides is 1. The van der Waals surface area contributed by atoms with Crippen molar-refractivity contribution < 1.29 is 4.79 Å². The van der Waals surface area contributed by atoms with E-state index in [0.29, 0.717) is 0 Å². The van der Waals surface area contributed by atoms with Crippen LogP contribution in [-0.4, -0.2) is 33.1 Å². The number of aromatic nitrogens is 3. The lowest BCUT2D eigenvalue weighted by Crippen LogP contribution is -2.19. The van der Waals surface area contributed by atoms with Gasteiger partial charge in [0.2, 0.25) is 0 Å². The molecule has 2 aromatic carbocycles. The lowest BCUT2D eigenvalue weighted by molar-refractivity contribution is -0.118. The van der Waals surface area contributed by atoms with Crippen molar-refractivity contribution in [3.63, 3.8) is 0 Å². The summed E-state index contributed by atoms with van der Waals surface area (Å²) in [5, 5.41) is 11.0. The van der Waals surface area contributed by atoms with Crippen molar-refractivity contribution in [3.05, 3.63) is 66.4 Å². The molecular formula is C19H15N5OS2. The van der Waals surface area contributed by atoms with E-state index >= 15 is 0 Å². The molecule has 0 aliphatic carbocycles. The molecule has 2 N–H and O–H groups in total. The lowest BCUT2D eigenvalue weighted by atomic mass is 10.1. The van der Waals surface area contributed by atoms with E-state index in [-0.39, 0.29) is 11.7 Å². The molecule has 0 spiro atoms. The van der Waals surface area contributed by atoms with Gasteiger partial charge in [0.25, 0.3) is 5.91 Å². The molecule has 0 fully saturated rings. The van der Waals surface area contributed by atoms with Crippen molar-refractivity contribution in [2.24, 2.45) is 5.10 Å². The van der Waals surface area contributed by atoms with Crippen molar-refractivity contribution in [1.82, 2.24) is 20.6 Å². The van der Waals surface area contributed by atoms with Gasteiger partial charge in [-0.15, -0.1) is 11.3 Å². The number of hydrogen-bond donors (Lipinski definition) is 2. The van der Waals surface area contributed by atoms with E-state index in [4.69, 9.17) is 0 Å². The Balaban J connectivity index is 1.34. The number of nitrogens with zero attached hydrogens (tertiary/aromatic N) is 3. The number of hydrazone groups is 1. The Labute approximate surface area is 163 Å². The van der Waals surface area contributed by atoms with Crippen LogP contribution < -0.4 is 5.43 Å². The zero-order valence-electron chi connectivity index (χ0n) is 14.1. The largest absolute Gasteiger partial charge is 0.277 e. The molecule has 0 atom stereocenters. The molecule has 134 valence electrons. The van der Waals surface area contributed by atoms with Crippen LogP contribution in [0.1, 0.15) is 5.56 Å². The fraction of sp³-hybridized carbons (Fsp3) is 0.0526. The number of carbonyl (C=O) groups is 1. The van der Waals surface area contributed by atoms with Crippen LogP contribution in [0.15, 0.2) is 70.2 Å². The number of para-hydroxylation sites is 1. The maximum Gasteiger partial charge on any atom is 0.250 e. The molecule has 0 aliphatic rings. The molecular weight excluding hydrogens is 378 g/mol. The SMILES string of the molecule is O=C(CSc1nc2ccccc2s1)NN=Cc1cn[nH]c1-c1ccccc1. The van der Waals surface area contributed by atoms with E-state index in [9.17, 15) is 4.79 Å². The maximum absolute atomic E-state index is 12.0. The zero-order valence-corrected chi connectivity index (χ0v) is 15.8. The highest BCUT2D eigenvalue weighted by atomic mass is 32.2. The van der Waals surface area contributed by atoms with E-state index < -0.39 is 0 Å². The number of fused-ring (bicyclic) bond motifs is 1. The number of H-pyrrole nitrogens is 1. The number of carbonyl (C=O) groups excluding carboxylic acids is 1. The topological polar surface area (TPSA) is 83.0 Å². The van der Waals surface area contributed by atoms with Gasteiger partial charge in [0.05, 0.1) is 34.1 Å². The second kappa shape index (κ2) is 8.15. The smallest absolute Gasteiger partial charge is 0.250 e. The summed E-state index contributed by atoms with van der Waals surface area (Å²) >= 11 is 2.99. The first-order valence-corrected chi connectivity index (χ1v) is 9.99. The molecule has 6 nitrogen and oxygen atoms in total. The quantitative estimate of drug-likeness (QED) is 0.295. The highest BCUT2D eigenvalue weighted by Gasteiger charge is 2.08. The monoisotopic (exact) mass is 393 g/mol. The normalized spacial score (nSPS) is 11.3. The summed E-state index contributed by atoms with van der Waals surface area (Å²) in [6.07, 6.45) is 3.26. The Morgan fingerprint density at radius 2 is 2.00 bits per heavy atom. The third-order valence-electron chi connectivity index (χ3n) is 3.73. The summed E-state index contributed by atoms with van der Waals surface area (Å²) in [7, 11) is 0. The number of hydrogen-bond acceptors (Lipinski definition) is 6. The average molecular weight is 393 g/mol. The van der Waals surface area contributed by atoms with E-state index in [0.717, 1.165) is 31.4 Å². The molecule has 4 rings (SSSR count). The minimum absolute atomic E-state index is 0.180.